The van der Waals surface area contributed by atoms with Crippen molar-refractivity contribution in [2.45, 2.75) is 26.3 Å². The van der Waals surface area contributed by atoms with E-state index in [0.29, 0.717) is 0 Å². The minimum atomic E-state index is -0.286. The summed E-state index contributed by atoms with van der Waals surface area (Å²) in [6, 6.07) is 1.91. The Morgan fingerprint density at radius 1 is 1.54 bits per heavy atom. The number of pyridine rings is 1. The Kier molecular flexibility index (Phi) is 2.88. The molecule has 3 nitrogen and oxygen atoms in total. The fraction of sp³-hybridized carbons (Fsp3) is 0.500. The van der Waals surface area contributed by atoms with Gasteiger partial charge >= 0.3 is 0 Å². The van der Waals surface area contributed by atoms with Crippen LogP contribution in [-0.2, 0) is 0 Å². The topological polar surface area (TPSA) is 45.2 Å². The molecule has 3 heteroatoms. The summed E-state index contributed by atoms with van der Waals surface area (Å²) in [7, 11) is 0. The molecule has 0 atom stereocenters. The summed E-state index contributed by atoms with van der Waals surface area (Å²) < 4.78 is 0. The Morgan fingerprint density at radius 3 is 2.77 bits per heavy atom. The van der Waals surface area contributed by atoms with Crippen LogP contribution in [0.15, 0.2) is 18.5 Å². The molecular formula is C10H16N2O. The predicted octanol–water partition coefficient (Wildman–Crippen LogP) is 1.57. The van der Waals surface area contributed by atoms with Gasteiger partial charge in [-0.2, -0.15) is 0 Å². The molecule has 0 saturated heterocycles. The van der Waals surface area contributed by atoms with Crippen molar-refractivity contribution in [3.63, 3.8) is 0 Å². The Labute approximate surface area is 78.8 Å². The molecule has 1 aromatic rings. The molecule has 0 aliphatic rings. The van der Waals surface area contributed by atoms with Crippen LogP contribution in [0, 0.1) is 6.92 Å². The van der Waals surface area contributed by atoms with Gasteiger partial charge in [0.15, 0.2) is 0 Å². The molecule has 0 amide bonds. The second-order valence-corrected chi connectivity index (χ2v) is 3.86. The maximum Gasteiger partial charge on any atom is 0.0656 e. The largest absolute Gasteiger partial charge is 0.394 e. The highest BCUT2D eigenvalue weighted by atomic mass is 16.3. The van der Waals surface area contributed by atoms with Gasteiger partial charge in [-0.05, 0) is 32.4 Å². The number of aryl methyl sites for hydroxylation is 1. The van der Waals surface area contributed by atoms with E-state index in [-0.39, 0.29) is 12.1 Å². The van der Waals surface area contributed by atoms with Crippen molar-refractivity contribution in [3.8, 4) is 0 Å². The van der Waals surface area contributed by atoms with Gasteiger partial charge in [0, 0.05) is 18.1 Å². The number of aromatic nitrogens is 1. The Morgan fingerprint density at radius 2 is 2.23 bits per heavy atom. The lowest BCUT2D eigenvalue weighted by molar-refractivity contribution is 0.234. The maximum absolute atomic E-state index is 9.07. The third-order valence-corrected chi connectivity index (χ3v) is 1.89. The molecular weight excluding hydrogens is 164 g/mol. The van der Waals surface area contributed by atoms with Crippen molar-refractivity contribution in [2.75, 3.05) is 11.9 Å². The fourth-order valence-corrected chi connectivity index (χ4v) is 1.02. The molecule has 0 spiro atoms. The zero-order valence-corrected chi connectivity index (χ0v) is 8.33. The molecule has 0 radical (unpaired) electrons. The molecule has 1 rings (SSSR count). The van der Waals surface area contributed by atoms with E-state index in [2.05, 4.69) is 10.3 Å². The van der Waals surface area contributed by atoms with Gasteiger partial charge in [0.2, 0.25) is 0 Å². The number of aliphatic hydroxyl groups excluding tert-OH is 1. The smallest absolute Gasteiger partial charge is 0.0656 e. The number of nitrogens with one attached hydrogen (secondary N) is 1. The lowest BCUT2D eigenvalue weighted by atomic mass is 10.1. The van der Waals surface area contributed by atoms with Crippen LogP contribution in [0.2, 0.25) is 0 Å². The summed E-state index contributed by atoms with van der Waals surface area (Å²) in [5, 5.41) is 12.3. The van der Waals surface area contributed by atoms with Gasteiger partial charge in [0.05, 0.1) is 12.1 Å². The summed E-state index contributed by atoms with van der Waals surface area (Å²) >= 11 is 0. The second-order valence-electron chi connectivity index (χ2n) is 3.86. The SMILES string of the molecule is Cc1cnccc1NC(C)(C)CO. The Hall–Kier alpha value is -1.09. The summed E-state index contributed by atoms with van der Waals surface area (Å²) in [5.74, 6) is 0. The van der Waals surface area contributed by atoms with E-state index < -0.39 is 0 Å². The first-order valence-electron chi connectivity index (χ1n) is 4.35. The molecule has 1 aromatic heterocycles. The zero-order chi connectivity index (χ0) is 9.90. The van der Waals surface area contributed by atoms with Gasteiger partial charge in [-0.1, -0.05) is 0 Å². The average molecular weight is 180 g/mol. The molecule has 1 heterocycles. The number of nitrogens with zero attached hydrogens (tertiary/aromatic N) is 1. The molecule has 0 bridgehead atoms. The van der Waals surface area contributed by atoms with E-state index in [0.717, 1.165) is 11.3 Å². The zero-order valence-electron chi connectivity index (χ0n) is 8.33. The first-order valence-corrected chi connectivity index (χ1v) is 4.35. The van der Waals surface area contributed by atoms with Crippen LogP contribution >= 0.6 is 0 Å². The fourth-order valence-electron chi connectivity index (χ4n) is 1.02. The molecule has 13 heavy (non-hydrogen) atoms. The maximum atomic E-state index is 9.07. The van der Waals surface area contributed by atoms with E-state index >= 15 is 0 Å². The first-order chi connectivity index (χ1) is 6.05. The van der Waals surface area contributed by atoms with E-state index in [1.807, 2.05) is 26.8 Å². The normalized spacial score (nSPS) is 11.4. The molecule has 0 aromatic carbocycles. The van der Waals surface area contributed by atoms with E-state index in [4.69, 9.17) is 5.11 Å². The molecule has 0 aliphatic heterocycles. The molecule has 0 saturated carbocycles. The van der Waals surface area contributed by atoms with Gasteiger partial charge < -0.3 is 10.4 Å². The average Bonchev–Trinajstić information content (AvgIpc) is 2.09. The van der Waals surface area contributed by atoms with Crippen molar-refractivity contribution in [2.24, 2.45) is 0 Å². The highest BCUT2D eigenvalue weighted by Gasteiger charge is 2.16. The Balaban J connectivity index is 2.80. The number of rotatable bonds is 3. The molecule has 72 valence electrons. The van der Waals surface area contributed by atoms with Crippen LogP contribution in [0.4, 0.5) is 5.69 Å². The van der Waals surface area contributed by atoms with Crippen LogP contribution in [0.5, 0.6) is 0 Å². The van der Waals surface area contributed by atoms with Gasteiger partial charge in [-0.25, -0.2) is 0 Å². The van der Waals surface area contributed by atoms with Gasteiger partial charge in [-0.3, -0.25) is 4.98 Å². The van der Waals surface area contributed by atoms with Gasteiger partial charge in [0.25, 0.3) is 0 Å². The lowest BCUT2D eigenvalue weighted by Gasteiger charge is -2.25. The van der Waals surface area contributed by atoms with Crippen molar-refractivity contribution >= 4 is 5.69 Å². The van der Waals surface area contributed by atoms with Crippen molar-refractivity contribution in [1.82, 2.24) is 4.98 Å². The first kappa shape index (κ1) is 9.99. The predicted molar refractivity (Wildman–Crippen MR) is 53.8 cm³/mol. The summed E-state index contributed by atoms with van der Waals surface area (Å²) in [6.07, 6.45) is 3.54. The van der Waals surface area contributed by atoms with E-state index in [9.17, 15) is 0 Å². The van der Waals surface area contributed by atoms with Crippen molar-refractivity contribution < 1.29 is 5.11 Å². The van der Waals surface area contributed by atoms with Crippen molar-refractivity contribution in [1.29, 1.82) is 0 Å². The van der Waals surface area contributed by atoms with Gasteiger partial charge in [0.1, 0.15) is 0 Å². The summed E-state index contributed by atoms with van der Waals surface area (Å²) in [4.78, 5) is 4.00. The van der Waals surface area contributed by atoms with Crippen LogP contribution in [0.3, 0.4) is 0 Å². The minimum Gasteiger partial charge on any atom is -0.394 e. The molecule has 0 unspecified atom stereocenters. The third-order valence-electron chi connectivity index (χ3n) is 1.89. The van der Waals surface area contributed by atoms with Crippen LogP contribution in [0.1, 0.15) is 19.4 Å². The lowest BCUT2D eigenvalue weighted by Crippen LogP contribution is -2.35. The summed E-state index contributed by atoms with van der Waals surface area (Å²) in [6.45, 7) is 6.00. The highest BCUT2D eigenvalue weighted by Crippen LogP contribution is 2.17. The number of aliphatic hydroxyl groups is 1. The molecule has 0 fully saturated rings. The minimum absolute atomic E-state index is 0.106. The van der Waals surface area contributed by atoms with Crippen LogP contribution in [0.25, 0.3) is 0 Å². The van der Waals surface area contributed by atoms with E-state index in [1.165, 1.54) is 0 Å². The third kappa shape index (κ3) is 2.70. The van der Waals surface area contributed by atoms with Crippen molar-refractivity contribution in [3.05, 3.63) is 24.0 Å². The van der Waals surface area contributed by atoms with Crippen LogP contribution in [-0.4, -0.2) is 22.2 Å². The van der Waals surface area contributed by atoms with Gasteiger partial charge in [-0.15, -0.1) is 0 Å². The summed E-state index contributed by atoms with van der Waals surface area (Å²) in [5.41, 5.74) is 1.82. The Bertz CT molecular complexity index is 284. The monoisotopic (exact) mass is 180 g/mol. The molecule has 2 N–H and O–H groups in total. The van der Waals surface area contributed by atoms with Crippen LogP contribution < -0.4 is 5.32 Å². The van der Waals surface area contributed by atoms with E-state index in [1.54, 1.807) is 12.4 Å². The standard InChI is InChI=1S/C10H16N2O/c1-8-6-11-5-4-9(8)12-10(2,3)7-13/h4-6,13H,7H2,1-3H3,(H,11,12). The quantitative estimate of drug-likeness (QED) is 0.742. The highest BCUT2D eigenvalue weighted by molar-refractivity contribution is 5.50. The second kappa shape index (κ2) is 3.75. The number of hydrogen-bond acceptors (Lipinski definition) is 3. The molecule has 0 aliphatic carbocycles. The number of anilines is 1. The number of hydrogen-bond donors (Lipinski definition) is 2.